The Labute approximate surface area is 205 Å². The van der Waals surface area contributed by atoms with Gasteiger partial charge in [0.25, 0.3) is 0 Å². The molecule has 0 radical (unpaired) electrons. The van der Waals surface area contributed by atoms with Gasteiger partial charge in [0, 0.05) is 38.1 Å². The molecule has 1 amide bonds. The van der Waals surface area contributed by atoms with Gasteiger partial charge in [-0.05, 0) is 64.2 Å². The summed E-state index contributed by atoms with van der Waals surface area (Å²) in [6.07, 6.45) is 8.59. The van der Waals surface area contributed by atoms with Crippen molar-refractivity contribution in [2.24, 2.45) is 0 Å². The summed E-state index contributed by atoms with van der Waals surface area (Å²) >= 11 is 0. The van der Waals surface area contributed by atoms with E-state index in [0.717, 1.165) is 29.7 Å². The van der Waals surface area contributed by atoms with Crippen LogP contribution >= 0.6 is 0 Å². The van der Waals surface area contributed by atoms with Gasteiger partial charge in [-0.15, -0.1) is 0 Å². The molecule has 182 valence electrons. The van der Waals surface area contributed by atoms with Crippen molar-refractivity contribution in [3.05, 3.63) is 42.0 Å². The highest BCUT2D eigenvalue weighted by Gasteiger charge is 2.34. The van der Waals surface area contributed by atoms with Gasteiger partial charge in [0.2, 0.25) is 0 Å². The Morgan fingerprint density at radius 1 is 1.20 bits per heavy atom. The number of carbonyl (C=O) groups excluding carboxylic acids is 1. The maximum absolute atomic E-state index is 12.7. The Morgan fingerprint density at radius 3 is 2.66 bits per heavy atom. The number of amides is 1. The Hall–Kier alpha value is -3.67. The zero-order valence-electron chi connectivity index (χ0n) is 20.7. The van der Waals surface area contributed by atoms with Gasteiger partial charge >= 0.3 is 6.09 Å². The molecular weight excluding hydrogens is 442 g/mol. The zero-order valence-corrected chi connectivity index (χ0v) is 20.7. The number of nitriles is 1. The molecule has 3 aromatic rings. The van der Waals surface area contributed by atoms with Gasteiger partial charge in [0.15, 0.2) is 5.65 Å². The van der Waals surface area contributed by atoms with Crippen LogP contribution in [0.2, 0.25) is 0 Å². The first-order valence-corrected chi connectivity index (χ1v) is 12.2. The summed E-state index contributed by atoms with van der Waals surface area (Å²) in [7, 11) is 0. The van der Waals surface area contributed by atoms with Crippen LogP contribution in [0, 0.1) is 11.3 Å². The SMILES string of the molecule is CC1CN(c2ncnc3c2c(C2CCC2)cn3-c2cc(C#N)ccn2)CCN1C(=O)OC(C)(C)C. The molecule has 2 aliphatic rings. The second-order valence-corrected chi connectivity index (χ2v) is 10.5. The number of pyridine rings is 1. The third-order valence-corrected chi connectivity index (χ3v) is 6.81. The summed E-state index contributed by atoms with van der Waals surface area (Å²) in [5.74, 6) is 2.03. The maximum Gasteiger partial charge on any atom is 0.410 e. The van der Waals surface area contributed by atoms with Crippen LogP contribution in [0.4, 0.5) is 10.6 Å². The third kappa shape index (κ3) is 4.41. The molecule has 0 bridgehead atoms. The first kappa shape index (κ1) is 23.1. The second-order valence-electron chi connectivity index (χ2n) is 10.5. The number of anilines is 1. The van der Waals surface area contributed by atoms with E-state index in [-0.39, 0.29) is 12.1 Å². The lowest BCUT2D eigenvalue weighted by Crippen LogP contribution is -2.55. The van der Waals surface area contributed by atoms with Gasteiger partial charge in [0.05, 0.1) is 17.0 Å². The average molecular weight is 474 g/mol. The van der Waals surface area contributed by atoms with Crippen molar-refractivity contribution in [1.29, 1.82) is 5.26 Å². The maximum atomic E-state index is 12.7. The number of carbonyl (C=O) groups is 1. The quantitative estimate of drug-likeness (QED) is 0.556. The predicted molar refractivity (Wildman–Crippen MR) is 133 cm³/mol. The molecule has 9 heteroatoms. The lowest BCUT2D eigenvalue weighted by molar-refractivity contribution is 0.0159. The molecule has 0 N–H and O–H groups in total. The molecule has 5 rings (SSSR count). The normalized spacial score (nSPS) is 18.9. The number of nitrogens with zero attached hydrogens (tertiary/aromatic N) is 7. The van der Waals surface area contributed by atoms with Crippen LogP contribution in [0.25, 0.3) is 16.9 Å². The predicted octanol–water partition coefficient (Wildman–Crippen LogP) is 4.40. The minimum atomic E-state index is -0.524. The van der Waals surface area contributed by atoms with E-state index >= 15 is 0 Å². The van der Waals surface area contributed by atoms with E-state index in [1.54, 1.807) is 29.6 Å². The highest BCUT2D eigenvalue weighted by atomic mass is 16.6. The molecule has 1 unspecified atom stereocenters. The van der Waals surface area contributed by atoms with Gasteiger partial charge in [-0.25, -0.2) is 19.7 Å². The van der Waals surface area contributed by atoms with E-state index in [2.05, 4.69) is 27.1 Å². The van der Waals surface area contributed by atoms with Crippen LogP contribution in [-0.4, -0.2) is 61.8 Å². The molecular formula is C26H31N7O2. The van der Waals surface area contributed by atoms with Crippen molar-refractivity contribution < 1.29 is 9.53 Å². The zero-order chi connectivity index (χ0) is 24.7. The topological polar surface area (TPSA) is 100 Å². The molecule has 0 spiro atoms. The lowest BCUT2D eigenvalue weighted by atomic mass is 9.80. The smallest absolute Gasteiger partial charge is 0.410 e. The van der Waals surface area contributed by atoms with E-state index in [0.29, 0.717) is 36.9 Å². The van der Waals surface area contributed by atoms with Crippen LogP contribution < -0.4 is 4.90 Å². The van der Waals surface area contributed by atoms with Crippen molar-refractivity contribution in [1.82, 2.24) is 24.4 Å². The van der Waals surface area contributed by atoms with Gasteiger partial charge in [-0.3, -0.25) is 4.57 Å². The number of aromatic nitrogens is 4. The first-order valence-electron chi connectivity index (χ1n) is 12.2. The summed E-state index contributed by atoms with van der Waals surface area (Å²) in [5.41, 5.74) is 2.06. The monoisotopic (exact) mass is 473 g/mol. The van der Waals surface area contributed by atoms with Crippen molar-refractivity contribution in [3.63, 3.8) is 0 Å². The first-order chi connectivity index (χ1) is 16.7. The summed E-state index contributed by atoms with van der Waals surface area (Å²) in [6.45, 7) is 9.58. The lowest BCUT2D eigenvalue weighted by Gasteiger charge is -2.41. The van der Waals surface area contributed by atoms with Gasteiger partial charge < -0.3 is 14.5 Å². The molecule has 1 aliphatic carbocycles. The number of hydrogen-bond acceptors (Lipinski definition) is 7. The molecule has 9 nitrogen and oxygen atoms in total. The standard InChI is InChI=1S/C26H31N7O2/c1-17-14-31(10-11-32(17)25(34)35-26(2,3)4)23-22-20(19-6-5-7-19)15-33(24(22)30-16-29-23)21-12-18(13-27)8-9-28-21/h8-9,12,15-17,19H,5-7,10-11,14H2,1-4H3. The van der Waals surface area contributed by atoms with Gasteiger partial charge in [-0.2, -0.15) is 5.26 Å². The molecule has 0 aromatic carbocycles. The highest BCUT2D eigenvalue weighted by Crippen LogP contribution is 2.43. The van der Waals surface area contributed by atoms with Crippen molar-refractivity contribution >= 4 is 22.9 Å². The van der Waals surface area contributed by atoms with E-state index in [9.17, 15) is 10.1 Å². The van der Waals surface area contributed by atoms with Crippen LogP contribution in [0.3, 0.4) is 0 Å². The number of fused-ring (bicyclic) bond motifs is 1. The highest BCUT2D eigenvalue weighted by molar-refractivity contribution is 5.93. The second kappa shape index (κ2) is 8.84. The van der Waals surface area contributed by atoms with Crippen LogP contribution in [0.15, 0.2) is 30.9 Å². The number of piperazine rings is 1. The van der Waals surface area contributed by atoms with Crippen molar-refractivity contribution in [2.45, 2.75) is 64.5 Å². The van der Waals surface area contributed by atoms with Gasteiger partial charge in [0.1, 0.15) is 23.6 Å². The Kier molecular flexibility index (Phi) is 5.83. The molecule has 1 saturated carbocycles. The molecule has 1 atom stereocenters. The average Bonchev–Trinajstić information content (AvgIpc) is 3.16. The molecule has 2 fully saturated rings. The van der Waals surface area contributed by atoms with Gasteiger partial charge in [-0.1, -0.05) is 6.42 Å². The van der Waals surface area contributed by atoms with E-state index in [1.165, 1.54) is 12.0 Å². The van der Waals surface area contributed by atoms with Crippen molar-refractivity contribution in [3.8, 4) is 11.9 Å². The Balaban J connectivity index is 1.51. The Bertz CT molecular complexity index is 1300. The largest absolute Gasteiger partial charge is 0.444 e. The summed E-state index contributed by atoms with van der Waals surface area (Å²) in [5, 5.41) is 10.4. The summed E-state index contributed by atoms with van der Waals surface area (Å²) in [4.78, 5) is 30.7. The number of ether oxygens (including phenoxy) is 1. The fraction of sp³-hybridized carbons (Fsp3) is 0.500. The fourth-order valence-corrected chi connectivity index (χ4v) is 4.88. The van der Waals surface area contributed by atoms with Crippen LogP contribution in [0.5, 0.6) is 0 Å². The third-order valence-electron chi connectivity index (χ3n) is 6.81. The summed E-state index contributed by atoms with van der Waals surface area (Å²) in [6, 6.07) is 5.66. The molecule has 1 saturated heterocycles. The molecule has 35 heavy (non-hydrogen) atoms. The minimum Gasteiger partial charge on any atom is -0.444 e. The molecule has 3 aromatic heterocycles. The van der Waals surface area contributed by atoms with E-state index in [1.807, 2.05) is 32.3 Å². The number of hydrogen-bond donors (Lipinski definition) is 0. The summed E-state index contributed by atoms with van der Waals surface area (Å²) < 4.78 is 7.59. The van der Waals surface area contributed by atoms with Crippen LogP contribution in [-0.2, 0) is 4.74 Å². The minimum absolute atomic E-state index is 0.0215. The number of rotatable bonds is 3. The van der Waals surface area contributed by atoms with Crippen LogP contribution in [0.1, 0.15) is 64.0 Å². The molecule has 4 heterocycles. The van der Waals surface area contributed by atoms with E-state index < -0.39 is 5.60 Å². The molecule has 1 aliphatic heterocycles. The Morgan fingerprint density at radius 2 is 2.00 bits per heavy atom. The van der Waals surface area contributed by atoms with Crippen molar-refractivity contribution in [2.75, 3.05) is 24.5 Å². The van der Waals surface area contributed by atoms with E-state index in [4.69, 9.17) is 9.72 Å². The fourth-order valence-electron chi connectivity index (χ4n) is 4.88.